The van der Waals surface area contributed by atoms with E-state index in [1.54, 1.807) is 0 Å². The van der Waals surface area contributed by atoms with Gasteiger partial charge in [0.2, 0.25) is 0 Å². The van der Waals surface area contributed by atoms with Gasteiger partial charge in [-0.3, -0.25) is 0 Å². The third kappa shape index (κ3) is 5.32. The number of rotatable bonds is 7. The Hall–Kier alpha value is -1.55. The molecule has 2 aliphatic rings. The molecular weight excluding hydrogens is 421 g/mol. The fourth-order valence-electron chi connectivity index (χ4n) is 6.38. The standard InChI is InChI=1S/C28H37F3Si/c1-2-3-7-16-32-17-14-21(15-18-32)20-10-12-23(13-11-20)26-24(22-8-5-4-6-9-22)19-25(29)27(30)28(26)31/h4-6,8-9,19-21,23,32H,2-3,7,10-18H2,1H3. The van der Waals surface area contributed by atoms with E-state index in [0.717, 1.165) is 43.1 Å². The van der Waals surface area contributed by atoms with Gasteiger partial charge in [-0.1, -0.05) is 87.5 Å². The first-order valence-corrected chi connectivity index (χ1v) is 15.3. The molecule has 2 aromatic carbocycles. The summed E-state index contributed by atoms with van der Waals surface area (Å²) in [5.41, 5.74) is 1.67. The van der Waals surface area contributed by atoms with Gasteiger partial charge in [-0.2, -0.15) is 0 Å². The van der Waals surface area contributed by atoms with Crippen LogP contribution in [0.1, 0.15) is 76.2 Å². The van der Waals surface area contributed by atoms with Gasteiger partial charge in [-0.15, -0.1) is 0 Å². The fourth-order valence-corrected chi connectivity index (χ4v) is 9.91. The number of hydrogen-bond donors (Lipinski definition) is 0. The molecule has 0 nitrogen and oxygen atoms in total. The number of halogens is 3. The zero-order valence-electron chi connectivity index (χ0n) is 19.4. The highest BCUT2D eigenvalue weighted by molar-refractivity contribution is 6.58. The molecule has 4 rings (SSSR count). The van der Waals surface area contributed by atoms with Gasteiger partial charge in [-0.05, 0) is 60.6 Å². The Bertz CT molecular complexity index is 866. The lowest BCUT2D eigenvalue weighted by atomic mass is 9.71. The molecule has 1 aliphatic carbocycles. The monoisotopic (exact) mass is 458 g/mol. The minimum absolute atomic E-state index is 0.0312. The van der Waals surface area contributed by atoms with Crippen molar-refractivity contribution >= 4 is 8.80 Å². The molecule has 4 heteroatoms. The molecule has 174 valence electrons. The smallest absolute Gasteiger partial charge is 0.194 e. The molecular formula is C28H37F3Si. The average Bonchev–Trinajstić information content (AvgIpc) is 2.84. The highest BCUT2D eigenvalue weighted by atomic mass is 28.3. The van der Waals surface area contributed by atoms with Crippen LogP contribution in [0.3, 0.4) is 0 Å². The van der Waals surface area contributed by atoms with Crippen molar-refractivity contribution in [2.45, 2.75) is 88.8 Å². The average molecular weight is 459 g/mol. The molecule has 2 fully saturated rings. The van der Waals surface area contributed by atoms with Crippen LogP contribution in [0.5, 0.6) is 0 Å². The molecule has 0 unspecified atom stereocenters. The second kappa shape index (κ2) is 11.0. The Kier molecular flexibility index (Phi) is 8.15. The highest BCUT2D eigenvalue weighted by Gasteiger charge is 2.34. The van der Waals surface area contributed by atoms with Gasteiger partial charge in [0.15, 0.2) is 17.5 Å². The van der Waals surface area contributed by atoms with Crippen molar-refractivity contribution in [2.75, 3.05) is 0 Å². The van der Waals surface area contributed by atoms with Crippen molar-refractivity contribution in [3.8, 4) is 11.1 Å². The molecule has 0 N–H and O–H groups in total. The zero-order chi connectivity index (χ0) is 22.5. The number of hydrogen-bond acceptors (Lipinski definition) is 0. The Morgan fingerprint density at radius 1 is 0.812 bits per heavy atom. The van der Waals surface area contributed by atoms with Crippen molar-refractivity contribution in [3.63, 3.8) is 0 Å². The lowest BCUT2D eigenvalue weighted by molar-refractivity contribution is 0.214. The van der Waals surface area contributed by atoms with Crippen LogP contribution in [0, 0.1) is 29.3 Å². The van der Waals surface area contributed by atoms with Crippen LogP contribution in [0.25, 0.3) is 11.1 Å². The summed E-state index contributed by atoms with van der Waals surface area (Å²) in [6, 6.07) is 15.0. The quantitative estimate of drug-likeness (QED) is 0.221. The normalized spacial score (nSPS) is 26.2. The van der Waals surface area contributed by atoms with E-state index in [1.807, 2.05) is 30.3 Å². The van der Waals surface area contributed by atoms with Crippen LogP contribution in [0.4, 0.5) is 13.2 Å². The van der Waals surface area contributed by atoms with E-state index >= 15 is 4.39 Å². The topological polar surface area (TPSA) is 0 Å². The van der Waals surface area contributed by atoms with Crippen LogP contribution in [0.2, 0.25) is 18.1 Å². The molecule has 32 heavy (non-hydrogen) atoms. The van der Waals surface area contributed by atoms with Crippen molar-refractivity contribution in [2.24, 2.45) is 11.8 Å². The summed E-state index contributed by atoms with van der Waals surface area (Å²) in [5.74, 6) is -1.88. The second-order valence-corrected chi connectivity index (χ2v) is 13.7. The molecule has 0 atom stereocenters. The van der Waals surface area contributed by atoms with Crippen LogP contribution in [0.15, 0.2) is 36.4 Å². The molecule has 2 aromatic rings. The summed E-state index contributed by atoms with van der Waals surface area (Å²) in [5, 5.41) is 0. The molecule has 1 saturated heterocycles. The molecule has 0 aromatic heterocycles. The molecule has 1 saturated carbocycles. The van der Waals surface area contributed by atoms with Gasteiger partial charge >= 0.3 is 0 Å². The van der Waals surface area contributed by atoms with Crippen LogP contribution in [-0.2, 0) is 0 Å². The summed E-state index contributed by atoms with van der Waals surface area (Å²) in [7, 11) is -0.498. The molecule has 0 spiro atoms. The van der Waals surface area contributed by atoms with Gasteiger partial charge in [0.05, 0.1) is 0 Å². The van der Waals surface area contributed by atoms with Gasteiger partial charge in [0, 0.05) is 14.4 Å². The summed E-state index contributed by atoms with van der Waals surface area (Å²) in [4.78, 5) is 0. The molecule has 0 amide bonds. The van der Waals surface area contributed by atoms with Gasteiger partial charge in [-0.25, -0.2) is 13.2 Å². The first kappa shape index (κ1) is 23.6. The molecule has 0 radical (unpaired) electrons. The van der Waals surface area contributed by atoms with Gasteiger partial charge in [0.25, 0.3) is 0 Å². The summed E-state index contributed by atoms with van der Waals surface area (Å²) in [6.45, 7) is 2.28. The Labute approximate surface area is 193 Å². The van der Waals surface area contributed by atoms with E-state index in [4.69, 9.17) is 0 Å². The number of unbranched alkanes of at least 4 members (excludes halogenated alkanes) is 2. The molecule has 1 heterocycles. The van der Waals surface area contributed by atoms with E-state index in [9.17, 15) is 8.78 Å². The lowest BCUT2D eigenvalue weighted by Crippen LogP contribution is -2.28. The minimum atomic E-state index is -1.33. The third-order valence-electron chi connectivity index (χ3n) is 8.24. The van der Waals surface area contributed by atoms with Crippen molar-refractivity contribution in [3.05, 3.63) is 59.4 Å². The van der Waals surface area contributed by atoms with Crippen molar-refractivity contribution in [1.29, 1.82) is 0 Å². The maximum atomic E-state index is 15.0. The molecule has 0 bridgehead atoms. The maximum absolute atomic E-state index is 15.0. The maximum Gasteiger partial charge on any atom is 0.194 e. The fraction of sp³-hybridized carbons (Fsp3) is 0.571. The zero-order valence-corrected chi connectivity index (χ0v) is 20.5. The van der Waals surface area contributed by atoms with E-state index < -0.39 is 26.2 Å². The SMILES string of the molecule is CCCCC[SiH]1CCC(C2CCC(c3c(-c4ccccc4)cc(F)c(F)c3F)CC2)CC1. The van der Waals surface area contributed by atoms with Crippen LogP contribution >= 0.6 is 0 Å². The van der Waals surface area contributed by atoms with Crippen molar-refractivity contribution < 1.29 is 13.2 Å². The largest absolute Gasteiger partial charge is 0.204 e. The predicted octanol–water partition coefficient (Wildman–Crippen LogP) is 8.87. The van der Waals surface area contributed by atoms with E-state index in [-0.39, 0.29) is 5.92 Å². The van der Waals surface area contributed by atoms with E-state index in [0.29, 0.717) is 11.1 Å². The van der Waals surface area contributed by atoms with E-state index in [1.165, 1.54) is 56.3 Å². The Balaban J connectivity index is 1.41. The summed E-state index contributed by atoms with van der Waals surface area (Å²) < 4.78 is 43.3. The summed E-state index contributed by atoms with van der Waals surface area (Å²) in [6.07, 6.45) is 10.9. The highest BCUT2D eigenvalue weighted by Crippen LogP contribution is 2.46. The number of benzene rings is 2. The predicted molar refractivity (Wildman–Crippen MR) is 130 cm³/mol. The first-order chi connectivity index (χ1) is 15.6. The second-order valence-electron chi connectivity index (χ2n) is 10.2. The first-order valence-electron chi connectivity index (χ1n) is 12.8. The van der Waals surface area contributed by atoms with E-state index in [2.05, 4.69) is 6.92 Å². The van der Waals surface area contributed by atoms with Gasteiger partial charge < -0.3 is 0 Å². The van der Waals surface area contributed by atoms with Crippen LogP contribution in [-0.4, -0.2) is 8.80 Å². The Morgan fingerprint density at radius 3 is 2.12 bits per heavy atom. The lowest BCUT2D eigenvalue weighted by Gasteiger charge is -2.38. The summed E-state index contributed by atoms with van der Waals surface area (Å²) >= 11 is 0. The minimum Gasteiger partial charge on any atom is -0.204 e. The third-order valence-corrected chi connectivity index (χ3v) is 11.8. The molecule has 1 aliphatic heterocycles. The van der Waals surface area contributed by atoms with Crippen molar-refractivity contribution in [1.82, 2.24) is 0 Å². The Morgan fingerprint density at radius 2 is 1.47 bits per heavy atom. The van der Waals surface area contributed by atoms with Crippen LogP contribution < -0.4 is 0 Å². The van der Waals surface area contributed by atoms with Gasteiger partial charge in [0.1, 0.15) is 0 Å².